The minimum absolute atomic E-state index is 0. The van der Waals surface area contributed by atoms with E-state index in [0.717, 1.165) is 36.7 Å². The molecule has 0 radical (unpaired) electrons. The maximum absolute atomic E-state index is 12.2. The Kier molecular flexibility index (Phi) is 7.03. The summed E-state index contributed by atoms with van der Waals surface area (Å²) in [7, 11) is 0. The van der Waals surface area contributed by atoms with Crippen molar-refractivity contribution in [3.8, 4) is 11.5 Å². The summed E-state index contributed by atoms with van der Waals surface area (Å²) in [6.07, 6.45) is 1.04. The summed E-state index contributed by atoms with van der Waals surface area (Å²) in [5.74, 6) is 1.52. The summed E-state index contributed by atoms with van der Waals surface area (Å²) < 4.78 is 5.75. The number of likely N-dealkylation sites (tertiary alicyclic amines) is 1. The third kappa shape index (κ3) is 5.46. The van der Waals surface area contributed by atoms with Crippen LogP contribution in [-0.4, -0.2) is 37.0 Å². The number of benzene rings is 2. The smallest absolute Gasteiger partial charge is 0.238 e. The Morgan fingerprint density at radius 2 is 1.81 bits per heavy atom. The van der Waals surface area contributed by atoms with Crippen LogP contribution in [0.3, 0.4) is 0 Å². The molecule has 1 saturated heterocycles. The van der Waals surface area contributed by atoms with Gasteiger partial charge in [-0.3, -0.25) is 9.69 Å². The minimum Gasteiger partial charge on any atom is -0.457 e. The lowest BCUT2D eigenvalue weighted by molar-refractivity contribution is -0.117. The second kappa shape index (κ2) is 9.03. The predicted molar refractivity (Wildman–Crippen MR) is 107 cm³/mol. The maximum Gasteiger partial charge on any atom is 0.238 e. The van der Waals surface area contributed by atoms with Crippen LogP contribution in [0.4, 0.5) is 5.69 Å². The molecule has 1 aliphatic rings. The van der Waals surface area contributed by atoms with Crippen molar-refractivity contribution >= 4 is 24.0 Å². The summed E-state index contributed by atoms with van der Waals surface area (Å²) in [5, 5.41) is 2.94. The Bertz CT molecular complexity index is 709. The van der Waals surface area contributed by atoms with Gasteiger partial charge in [0.1, 0.15) is 11.5 Å². The van der Waals surface area contributed by atoms with E-state index in [1.807, 2.05) is 54.6 Å². The fourth-order valence-corrected chi connectivity index (χ4v) is 3.06. The summed E-state index contributed by atoms with van der Waals surface area (Å²) in [6.45, 7) is 5.04. The molecular weight excluding hydrogens is 350 g/mol. The second-order valence-corrected chi connectivity index (χ2v) is 6.96. The van der Waals surface area contributed by atoms with Crippen LogP contribution in [0.5, 0.6) is 11.5 Å². The van der Waals surface area contributed by atoms with Crippen molar-refractivity contribution in [3.63, 3.8) is 0 Å². The number of carbonyl (C=O) groups excluding carboxylic acids is 1. The molecule has 1 atom stereocenters. The van der Waals surface area contributed by atoms with Crippen molar-refractivity contribution in [1.82, 2.24) is 4.90 Å². The minimum atomic E-state index is -0.00185. The number of anilines is 1. The van der Waals surface area contributed by atoms with Gasteiger partial charge in [-0.2, -0.15) is 0 Å². The first-order chi connectivity index (χ1) is 12.1. The van der Waals surface area contributed by atoms with Crippen molar-refractivity contribution in [2.75, 3.05) is 31.5 Å². The number of nitrogens with zero attached hydrogens (tertiary/aromatic N) is 1. The van der Waals surface area contributed by atoms with Gasteiger partial charge < -0.3 is 15.8 Å². The van der Waals surface area contributed by atoms with Crippen LogP contribution >= 0.6 is 12.4 Å². The summed E-state index contributed by atoms with van der Waals surface area (Å²) in [5.41, 5.74) is 6.72. The molecule has 3 N–H and O–H groups in total. The van der Waals surface area contributed by atoms with Gasteiger partial charge in [0, 0.05) is 12.2 Å². The van der Waals surface area contributed by atoms with E-state index in [4.69, 9.17) is 10.5 Å². The largest absolute Gasteiger partial charge is 0.457 e. The van der Waals surface area contributed by atoms with Gasteiger partial charge in [0.15, 0.2) is 0 Å². The van der Waals surface area contributed by atoms with Gasteiger partial charge in [0.25, 0.3) is 0 Å². The highest BCUT2D eigenvalue weighted by molar-refractivity contribution is 5.92. The molecule has 1 aliphatic heterocycles. The number of carbonyl (C=O) groups is 1. The SMILES string of the molecule is CC1(CN)CCN(CC(=O)Nc2ccc(Oc3ccccc3)cc2)C1.Cl. The molecule has 1 fully saturated rings. The monoisotopic (exact) mass is 375 g/mol. The van der Waals surface area contributed by atoms with Crippen LogP contribution in [-0.2, 0) is 4.79 Å². The first kappa shape index (κ1) is 20.2. The van der Waals surface area contributed by atoms with Gasteiger partial charge >= 0.3 is 0 Å². The number of ether oxygens (including phenoxy) is 1. The van der Waals surface area contributed by atoms with Gasteiger partial charge in [0.05, 0.1) is 6.54 Å². The van der Waals surface area contributed by atoms with Gasteiger partial charge in [0.2, 0.25) is 5.91 Å². The molecular formula is C20H26ClN3O2. The lowest BCUT2D eigenvalue weighted by Crippen LogP contribution is -2.35. The van der Waals surface area contributed by atoms with Crippen LogP contribution in [0.2, 0.25) is 0 Å². The quantitative estimate of drug-likeness (QED) is 0.810. The van der Waals surface area contributed by atoms with Gasteiger partial charge in [-0.1, -0.05) is 25.1 Å². The molecule has 3 rings (SSSR count). The number of nitrogens with one attached hydrogen (secondary N) is 1. The fourth-order valence-electron chi connectivity index (χ4n) is 3.06. The lowest BCUT2D eigenvalue weighted by atomic mass is 9.90. The number of hydrogen-bond acceptors (Lipinski definition) is 4. The Morgan fingerprint density at radius 1 is 1.15 bits per heavy atom. The lowest BCUT2D eigenvalue weighted by Gasteiger charge is -2.22. The summed E-state index contributed by atoms with van der Waals surface area (Å²) in [4.78, 5) is 14.4. The Morgan fingerprint density at radius 3 is 2.42 bits per heavy atom. The standard InChI is InChI=1S/C20H25N3O2.ClH/c1-20(14-21)11-12-23(15-20)13-19(24)22-16-7-9-18(10-8-16)25-17-5-3-2-4-6-17;/h2-10H,11-15,21H2,1H3,(H,22,24);1H. The van der Waals surface area contributed by atoms with Crippen LogP contribution in [0.15, 0.2) is 54.6 Å². The molecule has 1 amide bonds. The number of halogens is 1. The first-order valence-corrected chi connectivity index (χ1v) is 8.62. The Hall–Kier alpha value is -2.08. The van der Waals surface area contributed by atoms with Crippen molar-refractivity contribution < 1.29 is 9.53 Å². The normalized spacial score (nSPS) is 19.6. The molecule has 0 aromatic heterocycles. The third-order valence-corrected chi connectivity index (χ3v) is 4.61. The van der Waals surface area contributed by atoms with Crippen molar-refractivity contribution in [1.29, 1.82) is 0 Å². The van der Waals surface area contributed by atoms with E-state index in [2.05, 4.69) is 17.1 Å². The number of amides is 1. The molecule has 1 heterocycles. The van der Waals surface area contributed by atoms with Crippen molar-refractivity contribution in [2.45, 2.75) is 13.3 Å². The molecule has 140 valence electrons. The van der Waals surface area contributed by atoms with E-state index in [9.17, 15) is 4.79 Å². The maximum atomic E-state index is 12.2. The van der Waals surface area contributed by atoms with Gasteiger partial charge in [-0.25, -0.2) is 0 Å². The number of rotatable bonds is 6. The molecule has 1 unspecified atom stereocenters. The average molecular weight is 376 g/mol. The van der Waals surface area contributed by atoms with Crippen LogP contribution in [0.1, 0.15) is 13.3 Å². The number of hydrogen-bond donors (Lipinski definition) is 2. The van der Waals surface area contributed by atoms with Gasteiger partial charge in [-0.05, 0) is 61.3 Å². The van der Waals surface area contributed by atoms with E-state index in [0.29, 0.717) is 13.1 Å². The molecule has 0 spiro atoms. The molecule has 6 heteroatoms. The van der Waals surface area contributed by atoms with Crippen molar-refractivity contribution in [3.05, 3.63) is 54.6 Å². The first-order valence-electron chi connectivity index (χ1n) is 8.62. The zero-order valence-corrected chi connectivity index (χ0v) is 15.8. The molecule has 5 nitrogen and oxygen atoms in total. The van der Waals surface area contributed by atoms with Crippen molar-refractivity contribution in [2.24, 2.45) is 11.1 Å². The Labute approximate surface area is 160 Å². The van der Waals surface area contributed by atoms with Gasteiger partial charge in [-0.15, -0.1) is 12.4 Å². The van der Waals surface area contributed by atoms with Crippen LogP contribution < -0.4 is 15.8 Å². The summed E-state index contributed by atoms with van der Waals surface area (Å²) >= 11 is 0. The van der Waals surface area contributed by atoms with E-state index >= 15 is 0 Å². The van der Waals surface area contributed by atoms with E-state index < -0.39 is 0 Å². The molecule has 0 bridgehead atoms. The molecule has 26 heavy (non-hydrogen) atoms. The number of para-hydroxylation sites is 1. The highest BCUT2D eigenvalue weighted by Gasteiger charge is 2.33. The van der Waals surface area contributed by atoms with E-state index in [1.165, 1.54) is 0 Å². The van der Waals surface area contributed by atoms with Crippen LogP contribution in [0, 0.1) is 5.41 Å². The van der Waals surface area contributed by atoms with Crippen LogP contribution in [0.25, 0.3) is 0 Å². The summed E-state index contributed by atoms with van der Waals surface area (Å²) in [6, 6.07) is 17.0. The predicted octanol–water partition coefficient (Wildman–Crippen LogP) is 3.51. The third-order valence-electron chi connectivity index (χ3n) is 4.61. The number of nitrogens with two attached hydrogens (primary N) is 1. The van der Waals surface area contributed by atoms with E-state index in [-0.39, 0.29) is 23.7 Å². The topological polar surface area (TPSA) is 67.6 Å². The molecule has 2 aromatic rings. The zero-order chi connectivity index (χ0) is 17.7. The Balaban J connectivity index is 0.00000243. The highest BCUT2D eigenvalue weighted by Crippen LogP contribution is 2.28. The zero-order valence-electron chi connectivity index (χ0n) is 15.0. The second-order valence-electron chi connectivity index (χ2n) is 6.96. The average Bonchev–Trinajstić information content (AvgIpc) is 2.99. The fraction of sp³-hybridized carbons (Fsp3) is 0.350. The highest BCUT2D eigenvalue weighted by atomic mass is 35.5. The molecule has 2 aromatic carbocycles. The molecule has 0 aliphatic carbocycles. The molecule has 0 saturated carbocycles. The van der Waals surface area contributed by atoms with E-state index in [1.54, 1.807) is 0 Å².